The van der Waals surface area contributed by atoms with Crippen LogP contribution in [0.1, 0.15) is 11.8 Å². The SMILES string of the molecule is CC(=O)N/N=C\c1ccc(N2CCOCC2)s1. The topological polar surface area (TPSA) is 53.9 Å². The molecule has 0 saturated carbocycles. The zero-order valence-electron chi connectivity index (χ0n) is 9.68. The van der Waals surface area contributed by atoms with E-state index in [9.17, 15) is 4.79 Å². The van der Waals surface area contributed by atoms with Crippen molar-refractivity contribution in [3.63, 3.8) is 0 Å². The zero-order valence-corrected chi connectivity index (χ0v) is 10.5. The first-order valence-electron chi connectivity index (χ1n) is 5.48. The van der Waals surface area contributed by atoms with Crippen LogP contribution in [-0.2, 0) is 9.53 Å². The molecule has 5 nitrogen and oxygen atoms in total. The molecule has 0 atom stereocenters. The molecule has 1 aromatic heterocycles. The summed E-state index contributed by atoms with van der Waals surface area (Å²) in [6.07, 6.45) is 1.66. The van der Waals surface area contributed by atoms with Gasteiger partial charge in [0.1, 0.15) is 0 Å². The lowest BCUT2D eigenvalue weighted by molar-refractivity contribution is -0.118. The highest BCUT2D eigenvalue weighted by Gasteiger charge is 2.12. The molecule has 1 N–H and O–H groups in total. The van der Waals surface area contributed by atoms with E-state index in [1.54, 1.807) is 17.6 Å². The predicted molar refractivity (Wildman–Crippen MR) is 68.8 cm³/mol. The summed E-state index contributed by atoms with van der Waals surface area (Å²) in [6, 6.07) is 4.08. The number of carbonyl (C=O) groups excluding carboxylic acids is 1. The third-order valence-corrected chi connectivity index (χ3v) is 3.43. The summed E-state index contributed by atoms with van der Waals surface area (Å²) < 4.78 is 5.31. The van der Waals surface area contributed by atoms with E-state index in [0.29, 0.717) is 0 Å². The molecule has 1 fully saturated rings. The first kappa shape index (κ1) is 12.1. The molecule has 1 amide bonds. The Morgan fingerprint density at radius 2 is 2.29 bits per heavy atom. The molecular weight excluding hydrogens is 238 g/mol. The Bertz CT molecular complexity index is 411. The van der Waals surface area contributed by atoms with Crippen molar-refractivity contribution in [3.05, 3.63) is 17.0 Å². The highest BCUT2D eigenvalue weighted by Crippen LogP contribution is 2.25. The Hall–Kier alpha value is -1.40. The fourth-order valence-corrected chi connectivity index (χ4v) is 2.48. The summed E-state index contributed by atoms with van der Waals surface area (Å²) in [4.78, 5) is 14.0. The lowest BCUT2D eigenvalue weighted by Crippen LogP contribution is -2.35. The van der Waals surface area contributed by atoms with Crippen LogP contribution in [0.25, 0.3) is 0 Å². The second kappa shape index (κ2) is 5.79. The minimum absolute atomic E-state index is 0.161. The predicted octanol–water partition coefficient (Wildman–Crippen LogP) is 1.05. The average Bonchev–Trinajstić information content (AvgIpc) is 2.78. The van der Waals surface area contributed by atoms with Crippen molar-refractivity contribution < 1.29 is 9.53 Å². The average molecular weight is 253 g/mol. The van der Waals surface area contributed by atoms with E-state index >= 15 is 0 Å². The maximum absolute atomic E-state index is 10.6. The van der Waals surface area contributed by atoms with Crippen LogP contribution in [0.4, 0.5) is 5.00 Å². The maximum atomic E-state index is 10.6. The molecule has 0 radical (unpaired) electrons. The number of hydrogen-bond donors (Lipinski definition) is 1. The maximum Gasteiger partial charge on any atom is 0.236 e. The van der Waals surface area contributed by atoms with Gasteiger partial charge in [-0.2, -0.15) is 5.10 Å². The molecule has 1 saturated heterocycles. The molecule has 0 bridgehead atoms. The van der Waals surface area contributed by atoms with Crippen molar-refractivity contribution in [2.24, 2.45) is 5.10 Å². The minimum atomic E-state index is -0.161. The first-order valence-corrected chi connectivity index (χ1v) is 6.29. The fourth-order valence-electron chi connectivity index (χ4n) is 1.55. The van der Waals surface area contributed by atoms with Gasteiger partial charge in [0.15, 0.2) is 0 Å². The number of anilines is 1. The van der Waals surface area contributed by atoms with Crippen molar-refractivity contribution in [3.8, 4) is 0 Å². The summed E-state index contributed by atoms with van der Waals surface area (Å²) in [6.45, 7) is 4.87. The van der Waals surface area contributed by atoms with Gasteiger partial charge in [-0.05, 0) is 12.1 Å². The van der Waals surface area contributed by atoms with Gasteiger partial charge in [0, 0.05) is 24.9 Å². The molecule has 1 aromatic rings. The number of amides is 1. The van der Waals surface area contributed by atoms with Gasteiger partial charge in [-0.15, -0.1) is 11.3 Å². The van der Waals surface area contributed by atoms with Gasteiger partial charge in [0.2, 0.25) is 5.91 Å². The number of thiophene rings is 1. The normalized spacial score (nSPS) is 16.4. The highest BCUT2D eigenvalue weighted by atomic mass is 32.1. The van der Waals surface area contributed by atoms with Gasteiger partial charge in [-0.1, -0.05) is 0 Å². The molecule has 17 heavy (non-hydrogen) atoms. The van der Waals surface area contributed by atoms with Gasteiger partial charge in [-0.25, -0.2) is 5.43 Å². The summed E-state index contributed by atoms with van der Waals surface area (Å²) >= 11 is 1.66. The van der Waals surface area contributed by atoms with Crippen molar-refractivity contribution in [2.45, 2.75) is 6.92 Å². The van der Waals surface area contributed by atoms with E-state index in [-0.39, 0.29) is 5.91 Å². The Labute approximate surface area is 104 Å². The number of hydrogen-bond acceptors (Lipinski definition) is 5. The molecule has 1 aliphatic heterocycles. The Kier molecular flexibility index (Phi) is 4.11. The van der Waals surface area contributed by atoms with Crippen molar-refractivity contribution in [2.75, 3.05) is 31.2 Å². The van der Waals surface area contributed by atoms with E-state index in [2.05, 4.69) is 21.5 Å². The van der Waals surface area contributed by atoms with Crippen LogP contribution in [0.5, 0.6) is 0 Å². The Balaban J connectivity index is 1.95. The third kappa shape index (κ3) is 3.54. The molecule has 0 aliphatic carbocycles. The quantitative estimate of drug-likeness (QED) is 0.647. The number of ether oxygens (including phenoxy) is 1. The third-order valence-electron chi connectivity index (χ3n) is 2.35. The molecule has 0 unspecified atom stereocenters. The minimum Gasteiger partial charge on any atom is -0.378 e. The van der Waals surface area contributed by atoms with Gasteiger partial charge < -0.3 is 9.64 Å². The van der Waals surface area contributed by atoms with Crippen LogP contribution < -0.4 is 10.3 Å². The summed E-state index contributed by atoms with van der Waals surface area (Å²) in [5, 5.41) is 5.06. The summed E-state index contributed by atoms with van der Waals surface area (Å²) in [7, 11) is 0. The lowest BCUT2D eigenvalue weighted by atomic mass is 10.4. The Morgan fingerprint density at radius 1 is 1.53 bits per heavy atom. The number of rotatable bonds is 3. The van der Waals surface area contributed by atoms with Crippen molar-refractivity contribution >= 4 is 28.5 Å². The van der Waals surface area contributed by atoms with Crippen LogP contribution in [0, 0.1) is 0 Å². The molecular formula is C11H15N3O2S. The van der Waals surface area contributed by atoms with Gasteiger partial charge in [0.05, 0.1) is 24.4 Å². The molecule has 2 rings (SSSR count). The molecule has 2 heterocycles. The number of nitrogens with zero attached hydrogens (tertiary/aromatic N) is 2. The van der Waals surface area contributed by atoms with Gasteiger partial charge >= 0.3 is 0 Å². The molecule has 0 aromatic carbocycles. The number of carbonyl (C=O) groups is 1. The number of morpholine rings is 1. The molecule has 0 spiro atoms. The van der Waals surface area contributed by atoms with Crippen LogP contribution in [0.15, 0.2) is 17.2 Å². The second-order valence-corrected chi connectivity index (χ2v) is 4.80. The van der Waals surface area contributed by atoms with Crippen LogP contribution in [-0.4, -0.2) is 38.4 Å². The van der Waals surface area contributed by atoms with E-state index in [1.807, 2.05) is 6.07 Å². The van der Waals surface area contributed by atoms with Crippen LogP contribution in [0.2, 0.25) is 0 Å². The molecule has 1 aliphatic rings. The Morgan fingerprint density at radius 3 is 3.00 bits per heavy atom. The number of nitrogens with one attached hydrogen (secondary N) is 1. The van der Waals surface area contributed by atoms with E-state index < -0.39 is 0 Å². The monoisotopic (exact) mass is 253 g/mol. The largest absolute Gasteiger partial charge is 0.378 e. The van der Waals surface area contributed by atoms with E-state index in [4.69, 9.17) is 4.74 Å². The fraction of sp³-hybridized carbons (Fsp3) is 0.455. The molecule has 6 heteroatoms. The van der Waals surface area contributed by atoms with Gasteiger partial charge in [-0.3, -0.25) is 4.79 Å². The summed E-state index contributed by atoms with van der Waals surface area (Å²) in [5.74, 6) is -0.161. The zero-order chi connectivity index (χ0) is 12.1. The van der Waals surface area contributed by atoms with E-state index in [1.165, 1.54) is 11.9 Å². The van der Waals surface area contributed by atoms with Gasteiger partial charge in [0.25, 0.3) is 0 Å². The second-order valence-electron chi connectivity index (χ2n) is 3.70. The first-order chi connectivity index (χ1) is 8.25. The van der Waals surface area contributed by atoms with Crippen LogP contribution >= 0.6 is 11.3 Å². The summed E-state index contributed by atoms with van der Waals surface area (Å²) in [5.41, 5.74) is 2.39. The van der Waals surface area contributed by atoms with E-state index in [0.717, 1.165) is 31.2 Å². The number of hydrazone groups is 1. The molecule has 92 valence electrons. The van der Waals surface area contributed by atoms with Crippen molar-refractivity contribution in [1.29, 1.82) is 0 Å². The van der Waals surface area contributed by atoms with Crippen LogP contribution in [0.3, 0.4) is 0 Å². The highest BCUT2D eigenvalue weighted by molar-refractivity contribution is 7.17. The van der Waals surface area contributed by atoms with Crippen molar-refractivity contribution in [1.82, 2.24) is 5.43 Å². The standard InChI is InChI=1S/C11H15N3O2S/c1-9(15)13-12-8-10-2-3-11(17-10)14-4-6-16-7-5-14/h2-3,8H,4-7H2,1H3,(H,13,15)/b12-8-. The lowest BCUT2D eigenvalue weighted by Gasteiger charge is -2.27. The smallest absolute Gasteiger partial charge is 0.236 e.